The maximum Gasteiger partial charge on any atom is 0.433 e. The number of alkyl halides is 3. The number of carbonyl (C=O) groups excluding carboxylic acids is 1. The Morgan fingerprint density at radius 3 is 2.48 bits per heavy atom. The summed E-state index contributed by atoms with van der Waals surface area (Å²) in [6, 6.07) is 1.87. The van der Waals surface area contributed by atoms with Crippen LogP contribution in [0.15, 0.2) is 12.1 Å². The summed E-state index contributed by atoms with van der Waals surface area (Å²) in [6.45, 7) is 3.61. The molecule has 0 spiro atoms. The second-order valence-electron chi connectivity index (χ2n) is 5.91. The minimum Gasteiger partial charge on any atom is -0.481 e. The summed E-state index contributed by atoms with van der Waals surface area (Å²) in [5.74, 6) is -2.11. The van der Waals surface area contributed by atoms with Crippen LogP contribution in [0, 0.1) is 18.8 Å². The third-order valence-electron chi connectivity index (χ3n) is 3.90. The average Bonchev–Trinajstić information content (AvgIpc) is 2.44. The van der Waals surface area contributed by atoms with Gasteiger partial charge in [-0.25, -0.2) is 4.98 Å². The molecule has 1 saturated heterocycles. The van der Waals surface area contributed by atoms with Crippen LogP contribution in [0.2, 0.25) is 0 Å². The Labute approximate surface area is 131 Å². The first-order valence-corrected chi connectivity index (χ1v) is 7.16. The van der Waals surface area contributed by atoms with Crippen LogP contribution < -0.4 is 0 Å². The highest BCUT2D eigenvalue weighted by Gasteiger charge is 2.35. The molecule has 1 aromatic rings. The van der Waals surface area contributed by atoms with Gasteiger partial charge >= 0.3 is 12.1 Å². The molecule has 2 atom stereocenters. The number of likely N-dealkylation sites (tertiary alicyclic amines) is 1. The van der Waals surface area contributed by atoms with E-state index in [0.717, 1.165) is 12.1 Å². The van der Waals surface area contributed by atoms with E-state index in [9.17, 15) is 22.8 Å². The summed E-state index contributed by atoms with van der Waals surface area (Å²) in [6.07, 6.45) is -4.09. The van der Waals surface area contributed by atoms with Crippen molar-refractivity contribution in [1.82, 2.24) is 9.88 Å². The van der Waals surface area contributed by atoms with E-state index in [2.05, 4.69) is 4.98 Å². The first-order valence-electron chi connectivity index (χ1n) is 7.16. The summed E-state index contributed by atoms with van der Waals surface area (Å²) in [4.78, 5) is 28.5. The maximum atomic E-state index is 12.6. The van der Waals surface area contributed by atoms with Crippen LogP contribution in [0.25, 0.3) is 0 Å². The van der Waals surface area contributed by atoms with Crippen LogP contribution >= 0.6 is 0 Å². The number of carbonyl (C=O) groups is 2. The molecule has 0 radical (unpaired) electrons. The van der Waals surface area contributed by atoms with Crippen molar-refractivity contribution in [2.75, 3.05) is 13.1 Å². The maximum absolute atomic E-state index is 12.6. The van der Waals surface area contributed by atoms with Gasteiger partial charge in [-0.15, -0.1) is 0 Å². The minimum atomic E-state index is -4.57. The smallest absolute Gasteiger partial charge is 0.433 e. The number of nitrogens with zero attached hydrogens (tertiary/aromatic N) is 2. The lowest BCUT2D eigenvalue weighted by Crippen LogP contribution is -2.45. The summed E-state index contributed by atoms with van der Waals surface area (Å²) < 4.78 is 37.9. The fraction of sp³-hybridized carbons (Fsp3) is 0.533. The van der Waals surface area contributed by atoms with Crippen molar-refractivity contribution >= 4 is 11.9 Å². The van der Waals surface area contributed by atoms with Crippen LogP contribution in [0.1, 0.15) is 35.1 Å². The number of rotatable bonds is 2. The molecule has 2 rings (SSSR count). The second-order valence-corrected chi connectivity index (χ2v) is 5.91. The van der Waals surface area contributed by atoms with Gasteiger partial charge in [0.2, 0.25) is 0 Å². The molecule has 0 aromatic carbocycles. The largest absolute Gasteiger partial charge is 0.481 e. The number of carboxylic acids is 1. The van der Waals surface area contributed by atoms with Crippen molar-refractivity contribution in [2.24, 2.45) is 11.8 Å². The van der Waals surface area contributed by atoms with Crippen molar-refractivity contribution in [3.63, 3.8) is 0 Å². The second kappa shape index (κ2) is 6.17. The van der Waals surface area contributed by atoms with Gasteiger partial charge in [0.1, 0.15) is 5.69 Å². The molecule has 2 heterocycles. The molecule has 23 heavy (non-hydrogen) atoms. The third kappa shape index (κ3) is 3.80. The Hall–Kier alpha value is -2.12. The van der Waals surface area contributed by atoms with Crippen molar-refractivity contribution in [3.05, 3.63) is 29.1 Å². The predicted octanol–water partition coefficient (Wildman–Crippen LogP) is 2.59. The summed E-state index contributed by atoms with van der Waals surface area (Å²) in [5.41, 5.74) is -1.01. The van der Waals surface area contributed by atoms with Gasteiger partial charge in [-0.3, -0.25) is 9.59 Å². The predicted molar refractivity (Wildman–Crippen MR) is 74.8 cm³/mol. The molecule has 1 aliphatic rings. The molecule has 8 heteroatoms. The molecule has 0 saturated carbocycles. The van der Waals surface area contributed by atoms with E-state index in [1.165, 1.54) is 11.8 Å². The Bertz CT molecular complexity index is 631. The summed E-state index contributed by atoms with van der Waals surface area (Å²) >= 11 is 0. The van der Waals surface area contributed by atoms with Crippen molar-refractivity contribution in [3.8, 4) is 0 Å². The van der Waals surface area contributed by atoms with E-state index < -0.39 is 29.7 Å². The number of amides is 1. The van der Waals surface area contributed by atoms with E-state index in [-0.39, 0.29) is 23.7 Å². The Balaban J connectivity index is 2.24. The number of hydrogen-bond donors (Lipinski definition) is 1. The number of carboxylic acid groups (broad SMARTS) is 1. The molecule has 5 nitrogen and oxygen atoms in total. The molecule has 126 valence electrons. The quantitative estimate of drug-likeness (QED) is 0.905. The van der Waals surface area contributed by atoms with Crippen LogP contribution in [0.5, 0.6) is 0 Å². The van der Waals surface area contributed by atoms with Gasteiger partial charge in [0.25, 0.3) is 5.91 Å². The third-order valence-corrected chi connectivity index (χ3v) is 3.90. The highest BCUT2D eigenvalue weighted by molar-refractivity contribution is 5.95. The number of aliphatic carboxylic acids is 1. The molecule has 0 aliphatic carbocycles. The number of halogens is 3. The molecule has 2 unspecified atom stereocenters. The number of hydrogen-bond acceptors (Lipinski definition) is 3. The molecule has 1 N–H and O–H groups in total. The van der Waals surface area contributed by atoms with E-state index in [4.69, 9.17) is 5.11 Å². The topological polar surface area (TPSA) is 70.5 Å². The first kappa shape index (κ1) is 17.2. The number of aryl methyl sites for hydroxylation is 1. The van der Waals surface area contributed by atoms with Gasteiger partial charge in [-0.2, -0.15) is 13.2 Å². The van der Waals surface area contributed by atoms with Gasteiger partial charge in [-0.05, 0) is 31.4 Å². The van der Waals surface area contributed by atoms with Crippen LogP contribution in [-0.2, 0) is 11.0 Å². The van der Waals surface area contributed by atoms with Crippen LogP contribution in [0.4, 0.5) is 13.2 Å². The van der Waals surface area contributed by atoms with E-state index in [0.29, 0.717) is 13.0 Å². The van der Waals surface area contributed by atoms with Crippen molar-refractivity contribution in [1.29, 1.82) is 0 Å². The van der Waals surface area contributed by atoms with Gasteiger partial charge in [0, 0.05) is 13.1 Å². The zero-order chi connectivity index (χ0) is 17.4. The standard InChI is InChI=1S/C15H17F3N2O3/c1-8-5-10(14(22)23)7-20(6-8)13(21)11-3-4-12(15(16,17)18)19-9(11)2/h3-4,8,10H,5-7H2,1-2H3,(H,22,23). The van der Waals surface area contributed by atoms with E-state index in [1.54, 1.807) is 0 Å². The highest BCUT2D eigenvalue weighted by Crippen LogP contribution is 2.29. The Morgan fingerprint density at radius 2 is 1.96 bits per heavy atom. The molecule has 1 amide bonds. The van der Waals surface area contributed by atoms with Crippen LogP contribution in [-0.4, -0.2) is 40.0 Å². The zero-order valence-electron chi connectivity index (χ0n) is 12.7. The summed E-state index contributed by atoms with van der Waals surface area (Å²) in [7, 11) is 0. The van der Waals surface area contributed by atoms with Crippen molar-refractivity contribution in [2.45, 2.75) is 26.4 Å². The van der Waals surface area contributed by atoms with Crippen molar-refractivity contribution < 1.29 is 27.9 Å². The monoisotopic (exact) mass is 330 g/mol. The lowest BCUT2D eigenvalue weighted by molar-refractivity contribution is -0.144. The lowest BCUT2D eigenvalue weighted by atomic mass is 9.90. The molecule has 0 bridgehead atoms. The van der Waals surface area contributed by atoms with Gasteiger partial charge in [0.05, 0.1) is 17.2 Å². The first-order chi connectivity index (χ1) is 10.6. The van der Waals surface area contributed by atoms with Gasteiger partial charge in [-0.1, -0.05) is 6.92 Å². The number of aromatic nitrogens is 1. The average molecular weight is 330 g/mol. The minimum absolute atomic E-state index is 0.0107. The van der Waals surface area contributed by atoms with Crippen LogP contribution in [0.3, 0.4) is 0 Å². The Kier molecular flexibility index (Phi) is 4.63. The molecular weight excluding hydrogens is 313 g/mol. The molecule has 1 aliphatic heterocycles. The molecule has 1 aromatic heterocycles. The number of piperidine rings is 1. The molecule has 1 fully saturated rings. The lowest BCUT2D eigenvalue weighted by Gasteiger charge is -2.34. The number of pyridine rings is 1. The van der Waals surface area contributed by atoms with Gasteiger partial charge in [0.15, 0.2) is 0 Å². The van der Waals surface area contributed by atoms with E-state index >= 15 is 0 Å². The summed E-state index contributed by atoms with van der Waals surface area (Å²) in [5, 5.41) is 9.13. The molecular formula is C15H17F3N2O3. The Morgan fingerprint density at radius 1 is 1.30 bits per heavy atom. The SMILES string of the molecule is Cc1nc(C(F)(F)F)ccc1C(=O)N1CC(C)CC(C(=O)O)C1. The highest BCUT2D eigenvalue weighted by atomic mass is 19.4. The normalized spacial score (nSPS) is 22.0. The fourth-order valence-corrected chi connectivity index (χ4v) is 2.81. The fourth-order valence-electron chi connectivity index (χ4n) is 2.81. The van der Waals surface area contributed by atoms with Gasteiger partial charge < -0.3 is 10.0 Å². The zero-order valence-corrected chi connectivity index (χ0v) is 12.7. The van der Waals surface area contributed by atoms with E-state index in [1.807, 2.05) is 6.92 Å².